The molecule has 0 fully saturated rings. The van der Waals surface area contributed by atoms with Gasteiger partial charge in [-0.05, 0) is 38.0 Å². The summed E-state index contributed by atoms with van der Waals surface area (Å²) in [5.74, 6) is 0. The van der Waals surface area contributed by atoms with Crippen molar-refractivity contribution in [3.05, 3.63) is 69.2 Å². The van der Waals surface area contributed by atoms with E-state index in [1.165, 1.54) is 22.3 Å². The molecule has 0 aromatic heterocycles. The minimum Gasteiger partial charge on any atom is -0.306 e. The predicted octanol–water partition coefficient (Wildman–Crippen LogP) is 4.92. The highest BCUT2D eigenvalue weighted by Gasteiger charge is 2.08. The molecule has 2 aromatic carbocycles. The van der Waals surface area contributed by atoms with Crippen molar-refractivity contribution in [1.82, 2.24) is 5.32 Å². The van der Waals surface area contributed by atoms with Gasteiger partial charge in [0.2, 0.25) is 0 Å². The van der Waals surface area contributed by atoms with Gasteiger partial charge in [-0.2, -0.15) is 0 Å². The van der Waals surface area contributed by atoms with Gasteiger partial charge in [0, 0.05) is 17.1 Å². The number of rotatable bonds is 4. The Hall–Kier alpha value is -1.12. The molecule has 0 aliphatic rings. The zero-order valence-corrected chi connectivity index (χ0v) is 13.3. The van der Waals surface area contributed by atoms with E-state index in [1.54, 1.807) is 0 Å². The molecule has 0 radical (unpaired) electrons. The molecule has 0 unspecified atom stereocenters. The largest absolute Gasteiger partial charge is 0.306 e. The smallest absolute Gasteiger partial charge is 0.0306 e. The average molecular weight is 318 g/mol. The molecule has 0 spiro atoms. The van der Waals surface area contributed by atoms with Crippen LogP contribution < -0.4 is 5.32 Å². The van der Waals surface area contributed by atoms with Crippen LogP contribution in [0, 0.1) is 13.8 Å². The first kappa shape index (κ1) is 14.3. The molecule has 1 nitrogen and oxygen atoms in total. The Morgan fingerprint density at radius 2 is 1.68 bits per heavy atom. The van der Waals surface area contributed by atoms with Crippen LogP contribution in [0.5, 0.6) is 0 Å². The van der Waals surface area contributed by atoms with Crippen molar-refractivity contribution >= 4 is 15.9 Å². The summed E-state index contributed by atoms with van der Waals surface area (Å²) < 4.78 is 1.16. The van der Waals surface area contributed by atoms with Gasteiger partial charge in [-0.25, -0.2) is 0 Å². The maximum Gasteiger partial charge on any atom is 0.0306 e. The summed E-state index contributed by atoms with van der Waals surface area (Å²) in [6, 6.07) is 15.4. The minimum absolute atomic E-state index is 0.330. The molecule has 0 bridgehead atoms. The van der Waals surface area contributed by atoms with Crippen LogP contribution in [0.3, 0.4) is 0 Å². The van der Waals surface area contributed by atoms with Gasteiger partial charge < -0.3 is 5.32 Å². The molecule has 2 rings (SSSR count). The van der Waals surface area contributed by atoms with E-state index in [2.05, 4.69) is 78.4 Å². The average Bonchev–Trinajstić information content (AvgIpc) is 2.35. The van der Waals surface area contributed by atoms with E-state index < -0.39 is 0 Å². The lowest BCUT2D eigenvalue weighted by atomic mass is 10.1. The van der Waals surface area contributed by atoms with E-state index in [-0.39, 0.29) is 0 Å². The fourth-order valence-corrected chi connectivity index (χ4v) is 3.01. The number of aryl methyl sites for hydroxylation is 2. The SMILES string of the molecule is Cc1cc(C)cc(CN[C@@H](C)c2ccccc2Br)c1. The maximum atomic E-state index is 3.61. The molecule has 0 saturated carbocycles. The number of hydrogen-bond donors (Lipinski definition) is 1. The minimum atomic E-state index is 0.330. The van der Waals surface area contributed by atoms with E-state index >= 15 is 0 Å². The highest BCUT2D eigenvalue weighted by atomic mass is 79.9. The van der Waals surface area contributed by atoms with Crippen LogP contribution in [-0.2, 0) is 6.54 Å². The van der Waals surface area contributed by atoms with Crippen LogP contribution in [-0.4, -0.2) is 0 Å². The van der Waals surface area contributed by atoms with Crippen molar-refractivity contribution in [2.24, 2.45) is 0 Å². The summed E-state index contributed by atoms with van der Waals surface area (Å²) in [6.07, 6.45) is 0. The maximum absolute atomic E-state index is 3.61. The molecule has 2 heteroatoms. The van der Waals surface area contributed by atoms with E-state index in [4.69, 9.17) is 0 Å². The lowest BCUT2D eigenvalue weighted by molar-refractivity contribution is 0.572. The fourth-order valence-electron chi connectivity index (χ4n) is 2.38. The van der Waals surface area contributed by atoms with Crippen LogP contribution in [0.2, 0.25) is 0 Å². The zero-order chi connectivity index (χ0) is 13.8. The number of nitrogens with one attached hydrogen (secondary N) is 1. The van der Waals surface area contributed by atoms with Gasteiger partial charge in [0.1, 0.15) is 0 Å². The Kier molecular flexibility index (Phi) is 4.78. The van der Waals surface area contributed by atoms with Gasteiger partial charge in [-0.15, -0.1) is 0 Å². The zero-order valence-electron chi connectivity index (χ0n) is 11.7. The molecule has 0 aliphatic heterocycles. The Morgan fingerprint density at radius 3 is 2.32 bits per heavy atom. The van der Waals surface area contributed by atoms with Crippen molar-refractivity contribution in [2.75, 3.05) is 0 Å². The standard InChI is InChI=1S/C17H20BrN/c1-12-8-13(2)10-15(9-12)11-19-14(3)16-6-4-5-7-17(16)18/h4-10,14,19H,11H2,1-3H3/t14-/m0/s1. The van der Waals surface area contributed by atoms with Crippen molar-refractivity contribution in [3.63, 3.8) is 0 Å². The molecular formula is C17H20BrN. The molecule has 0 aliphatic carbocycles. The van der Waals surface area contributed by atoms with E-state index in [9.17, 15) is 0 Å². The van der Waals surface area contributed by atoms with Gasteiger partial charge in [0.25, 0.3) is 0 Å². The first-order valence-corrected chi connectivity index (χ1v) is 7.40. The molecule has 0 amide bonds. The molecule has 100 valence electrons. The van der Waals surface area contributed by atoms with Gasteiger partial charge >= 0.3 is 0 Å². The number of benzene rings is 2. The van der Waals surface area contributed by atoms with Crippen LogP contribution in [0.4, 0.5) is 0 Å². The van der Waals surface area contributed by atoms with Crippen molar-refractivity contribution in [1.29, 1.82) is 0 Å². The topological polar surface area (TPSA) is 12.0 Å². The summed E-state index contributed by atoms with van der Waals surface area (Å²) in [7, 11) is 0. The Labute approximate surface area is 124 Å². The number of hydrogen-bond acceptors (Lipinski definition) is 1. The summed E-state index contributed by atoms with van der Waals surface area (Å²) in [5.41, 5.74) is 5.29. The van der Waals surface area contributed by atoms with Crippen LogP contribution >= 0.6 is 15.9 Å². The second kappa shape index (κ2) is 6.36. The predicted molar refractivity (Wildman–Crippen MR) is 85.3 cm³/mol. The second-order valence-electron chi connectivity index (χ2n) is 5.12. The molecule has 0 heterocycles. The summed E-state index contributed by atoms with van der Waals surface area (Å²) >= 11 is 3.61. The molecule has 2 aromatic rings. The van der Waals surface area contributed by atoms with Gasteiger partial charge in [0.15, 0.2) is 0 Å². The van der Waals surface area contributed by atoms with Gasteiger partial charge in [-0.1, -0.05) is 63.5 Å². The third-order valence-electron chi connectivity index (χ3n) is 3.27. The summed E-state index contributed by atoms with van der Waals surface area (Å²) in [4.78, 5) is 0. The highest BCUT2D eigenvalue weighted by molar-refractivity contribution is 9.10. The Morgan fingerprint density at radius 1 is 1.05 bits per heavy atom. The monoisotopic (exact) mass is 317 g/mol. The molecular weight excluding hydrogens is 298 g/mol. The highest BCUT2D eigenvalue weighted by Crippen LogP contribution is 2.23. The lowest BCUT2D eigenvalue weighted by Crippen LogP contribution is -2.18. The molecule has 1 N–H and O–H groups in total. The van der Waals surface area contributed by atoms with Crippen LogP contribution in [0.15, 0.2) is 46.9 Å². The summed E-state index contributed by atoms with van der Waals surface area (Å²) in [6.45, 7) is 7.38. The first-order chi connectivity index (χ1) is 9.06. The third-order valence-corrected chi connectivity index (χ3v) is 3.99. The molecule has 19 heavy (non-hydrogen) atoms. The van der Waals surface area contributed by atoms with Crippen molar-refractivity contribution in [3.8, 4) is 0 Å². The van der Waals surface area contributed by atoms with Crippen molar-refractivity contribution in [2.45, 2.75) is 33.4 Å². The molecule has 1 atom stereocenters. The summed E-state index contributed by atoms with van der Waals surface area (Å²) in [5, 5.41) is 3.58. The normalized spacial score (nSPS) is 12.4. The van der Waals surface area contributed by atoms with Crippen LogP contribution in [0.1, 0.15) is 35.2 Å². The van der Waals surface area contributed by atoms with E-state index in [0.29, 0.717) is 6.04 Å². The second-order valence-corrected chi connectivity index (χ2v) is 5.97. The van der Waals surface area contributed by atoms with E-state index in [1.807, 2.05) is 6.07 Å². The third kappa shape index (κ3) is 3.92. The van der Waals surface area contributed by atoms with Gasteiger partial charge in [0.05, 0.1) is 0 Å². The quantitative estimate of drug-likeness (QED) is 0.844. The van der Waals surface area contributed by atoms with E-state index in [0.717, 1.165) is 11.0 Å². The van der Waals surface area contributed by atoms with Gasteiger partial charge in [-0.3, -0.25) is 0 Å². The lowest BCUT2D eigenvalue weighted by Gasteiger charge is -2.16. The number of halogens is 1. The Balaban J connectivity index is 2.04. The van der Waals surface area contributed by atoms with Crippen LogP contribution in [0.25, 0.3) is 0 Å². The molecule has 0 saturated heterocycles. The fraction of sp³-hybridized carbons (Fsp3) is 0.294. The Bertz CT molecular complexity index is 543. The first-order valence-electron chi connectivity index (χ1n) is 6.61. The van der Waals surface area contributed by atoms with Crippen molar-refractivity contribution < 1.29 is 0 Å².